The number of para-hydroxylation sites is 1. The molecular weight excluding hydrogens is 385 g/mol. The molecule has 1 amide bonds. The molecule has 0 spiro atoms. The average Bonchev–Trinajstić information content (AvgIpc) is 2.49. The fourth-order valence-electron chi connectivity index (χ4n) is 1.75. The number of benzene rings is 2. The molecule has 0 aliphatic carbocycles. The molecule has 0 saturated heterocycles. The fraction of sp³-hybridized carbons (Fsp3) is 0. The van der Waals surface area contributed by atoms with Crippen molar-refractivity contribution in [2.75, 3.05) is 5.32 Å². The van der Waals surface area contributed by atoms with E-state index in [2.05, 4.69) is 10.5 Å². The van der Waals surface area contributed by atoms with Crippen LogP contribution in [0.25, 0.3) is 0 Å². The van der Waals surface area contributed by atoms with E-state index in [1.54, 1.807) is 36.4 Å². The summed E-state index contributed by atoms with van der Waals surface area (Å²) in [4.78, 5) is 12.2. The SMILES string of the molecule is N/C(=N/O)c1ccccc1NC(=O)c1cc(I)ccc1O. The average molecular weight is 397 g/mol. The predicted octanol–water partition coefficient (Wildman–Crippen LogP) is 2.34. The van der Waals surface area contributed by atoms with Crippen molar-refractivity contribution in [1.29, 1.82) is 0 Å². The second-order valence-corrected chi connectivity index (χ2v) is 5.39. The number of carbonyl (C=O) groups is 1. The molecule has 0 heterocycles. The zero-order valence-corrected chi connectivity index (χ0v) is 12.9. The van der Waals surface area contributed by atoms with Gasteiger partial charge >= 0.3 is 0 Å². The molecule has 0 atom stereocenters. The Morgan fingerprint density at radius 1 is 1.19 bits per heavy atom. The number of hydrogen-bond acceptors (Lipinski definition) is 4. The summed E-state index contributed by atoms with van der Waals surface area (Å²) < 4.78 is 0.820. The summed E-state index contributed by atoms with van der Waals surface area (Å²) >= 11 is 2.05. The number of amidine groups is 1. The number of oxime groups is 1. The minimum Gasteiger partial charge on any atom is -0.507 e. The van der Waals surface area contributed by atoms with E-state index in [1.807, 2.05) is 22.6 Å². The molecule has 2 rings (SSSR count). The molecule has 0 saturated carbocycles. The van der Waals surface area contributed by atoms with Crippen LogP contribution in [0.3, 0.4) is 0 Å². The normalized spacial score (nSPS) is 11.2. The van der Waals surface area contributed by atoms with Gasteiger partial charge in [-0.3, -0.25) is 4.79 Å². The summed E-state index contributed by atoms with van der Waals surface area (Å²) in [7, 11) is 0. The first-order valence-corrected chi connectivity index (χ1v) is 6.97. The first kappa shape index (κ1) is 15.1. The van der Waals surface area contributed by atoms with Gasteiger partial charge < -0.3 is 21.4 Å². The third kappa shape index (κ3) is 3.43. The lowest BCUT2D eigenvalue weighted by Crippen LogP contribution is -2.19. The van der Waals surface area contributed by atoms with Gasteiger partial charge in [0, 0.05) is 9.13 Å². The topological polar surface area (TPSA) is 108 Å². The maximum absolute atomic E-state index is 12.2. The van der Waals surface area contributed by atoms with Crippen molar-refractivity contribution in [2.24, 2.45) is 10.9 Å². The van der Waals surface area contributed by atoms with E-state index in [-0.39, 0.29) is 17.1 Å². The Hall–Kier alpha value is -2.29. The molecule has 21 heavy (non-hydrogen) atoms. The lowest BCUT2D eigenvalue weighted by atomic mass is 10.1. The number of halogens is 1. The highest BCUT2D eigenvalue weighted by Crippen LogP contribution is 2.22. The Balaban J connectivity index is 2.34. The van der Waals surface area contributed by atoms with E-state index in [9.17, 15) is 9.90 Å². The summed E-state index contributed by atoms with van der Waals surface area (Å²) in [6, 6.07) is 11.3. The van der Waals surface area contributed by atoms with Gasteiger partial charge in [0.2, 0.25) is 0 Å². The monoisotopic (exact) mass is 397 g/mol. The van der Waals surface area contributed by atoms with E-state index in [1.165, 1.54) is 6.07 Å². The number of nitrogens with one attached hydrogen (secondary N) is 1. The number of carbonyl (C=O) groups excluding carboxylic acids is 1. The molecule has 0 bridgehead atoms. The number of nitrogens with two attached hydrogens (primary N) is 1. The summed E-state index contributed by atoms with van der Waals surface area (Å²) in [5.41, 5.74) is 6.48. The minimum absolute atomic E-state index is 0.113. The van der Waals surface area contributed by atoms with Crippen LogP contribution < -0.4 is 11.1 Å². The molecule has 7 heteroatoms. The molecule has 5 N–H and O–H groups in total. The molecule has 0 aliphatic heterocycles. The van der Waals surface area contributed by atoms with Crippen LogP contribution in [0.1, 0.15) is 15.9 Å². The highest BCUT2D eigenvalue weighted by Gasteiger charge is 2.14. The molecule has 0 radical (unpaired) electrons. The number of anilines is 1. The zero-order chi connectivity index (χ0) is 15.4. The van der Waals surface area contributed by atoms with Crippen molar-refractivity contribution in [3.63, 3.8) is 0 Å². The van der Waals surface area contributed by atoms with Gasteiger partial charge in [0.25, 0.3) is 5.91 Å². The first-order chi connectivity index (χ1) is 10.0. The minimum atomic E-state index is -0.482. The molecule has 0 aromatic heterocycles. The number of rotatable bonds is 3. The molecule has 0 aliphatic rings. The Bertz CT molecular complexity index is 716. The van der Waals surface area contributed by atoms with E-state index in [0.29, 0.717) is 11.3 Å². The predicted molar refractivity (Wildman–Crippen MR) is 87.7 cm³/mol. The number of hydrogen-bond donors (Lipinski definition) is 4. The van der Waals surface area contributed by atoms with Crippen LogP contribution >= 0.6 is 22.6 Å². The van der Waals surface area contributed by atoms with Crippen LogP contribution in [0.15, 0.2) is 47.6 Å². The van der Waals surface area contributed by atoms with Crippen LogP contribution in [-0.2, 0) is 0 Å². The third-order valence-corrected chi connectivity index (χ3v) is 3.43. The van der Waals surface area contributed by atoms with Gasteiger partial charge in [-0.25, -0.2) is 0 Å². The van der Waals surface area contributed by atoms with Gasteiger partial charge in [0.05, 0.1) is 11.3 Å². The Morgan fingerprint density at radius 2 is 1.90 bits per heavy atom. The van der Waals surface area contributed by atoms with Gasteiger partial charge in [-0.15, -0.1) is 0 Å². The zero-order valence-electron chi connectivity index (χ0n) is 10.7. The van der Waals surface area contributed by atoms with Gasteiger partial charge in [0.15, 0.2) is 5.84 Å². The van der Waals surface area contributed by atoms with E-state index in [4.69, 9.17) is 10.9 Å². The number of amides is 1. The van der Waals surface area contributed by atoms with Gasteiger partial charge in [0.1, 0.15) is 5.75 Å². The smallest absolute Gasteiger partial charge is 0.259 e. The lowest BCUT2D eigenvalue weighted by molar-refractivity contribution is 0.102. The molecular formula is C14H12IN3O3. The Morgan fingerprint density at radius 3 is 2.62 bits per heavy atom. The van der Waals surface area contributed by atoms with Gasteiger partial charge in [-0.2, -0.15) is 0 Å². The van der Waals surface area contributed by atoms with Crippen molar-refractivity contribution in [2.45, 2.75) is 0 Å². The molecule has 6 nitrogen and oxygen atoms in total. The largest absolute Gasteiger partial charge is 0.507 e. The van der Waals surface area contributed by atoms with E-state index in [0.717, 1.165) is 3.57 Å². The van der Waals surface area contributed by atoms with Crippen molar-refractivity contribution in [3.05, 3.63) is 57.2 Å². The van der Waals surface area contributed by atoms with Crippen LogP contribution in [-0.4, -0.2) is 22.1 Å². The lowest BCUT2D eigenvalue weighted by Gasteiger charge is -2.11. The molecule has 0 unspecified atom stereocenters. The maximum atomic E-state index is 12.2. The first-order valence-electron chi connectivity index (χ1n) is 5.89. The number of phenolic OH excluding ortho intramolecular Hbond substituents is 1. The third-order valence-electron chi connectivity index (χ3n) is 2.76. The standard InChI is InChI=1S/C14H12IN3O3/c15-8-5-6-12(19)10(7-8)14(20)17-11-4-2-1-3-9(11)13(16)18-21/h1-7,19,21H,(H2,16,18)(H,17,20). The van der Waals surface area contributed by atoms with Crippen LogP contribution in [0.2, 0.25) is 0 Å². The van der Waals surface area contributed by atoms with Gasteiger partial charge in [-0.05, 0) is 52.9 Å². The Kier molecular flexibility index (Phi) is 4.63. The highest BCUT2D eigenvalue weighted by molar-refractivity contribution is 14.1. The van der Waals surface area contributed by atoms with Gasteiger partial charge in [-0.1, -0.05) is 17.3 Å². The van der Waals surface area contributed by atoms with E-state index < -0.39 is 5.91 Å². The summed E-state index contributed by atoms with van der Waals surface area (Å²) in [6.45, 7) is 0. The molecule has 2 aromatic carbocycles. The quantitative estimate of drug-likeness (QED) is 0.210. The van der Waals surface area contributed by atoms with Crippen LogP contribution in [0, 0.1) is 3.57 Å². The van der Waals surface area contributed by atoms with Crippen LogP contribution in [0.5, 0.6) is 5.75 Å². The molecule has 108 valence electrons. The summed E-state index contributed by atoms with van der Waals surface area (Å²) in [5.74, 6) is -0.712. The van der Waals surface area contributed by atoms with Crippen molar-refractivity contribution >= 4 is 40.0 Å². The molecule has 0 fully saturated rings. The second-order valence-electron chi connectivity index (χ2n) is 4.15. The number of aromatic hydroxyl groups is 1. The fourth-order valence-corrected chi connectivity index (χ4v) is 2.24. The van der Waals surface area contributed by atoms with Crippen molar-refractivity contribution in [1.82, 2.24) is 0 Å². The molecule has 2 aromatic rings. The highest BCUT2D eigenvalue weighted by atomic mass is 127. The second kappa shape index (κ2) is 6.44. The van der Waals surface area contributed by atoms with Crippen molar-refractivity contribution in [3.8, 4) is 5.75 Å². The summed E-state index contributed by atoms with van der Waals surface area (Å²) in [6.07, 6.45) is 0. The Labute approximate surface area is 134 Å². The number of phenols is 1. The maximum Gasteiger partial charge on any atom is 0.259 e. The van der Waals surface area contributed by atoms with Crippen LogP contribution in [0.4, 0.5) is 5.69 Å². The van der Waals surface area contributed by atoms with E-state index >= 15 is 0 Å². The summed E-state index contributed by atoms with van der Waals surface area (Å²) in [5, 5.41) is 24.1. The number of nitrogens with zero attached hydrogens (tertiary/aromatic N) is 1. The van der Waals surface area contributed by atoms with Crippen molar-refractivity contribution < 1.29 is 15.1 Å².